The lowest BCUT2D eigenvalue weighted by molar-refractivity contribution is -0.0194. The largest absolute Gasteiger partial charge is 0.390 e. The molecule has 0 spiro atoms. The van der Waals surface area contributed by atoms with Gasteiger partial charge in [-0.1, -0.05) is 12.1 Å². The summed E-state index contributed by atoms with van der Waals surface area (Å²) in [4.78, 5) is 8.60. The van der Waals surface area contributed by atoms with E-state index >= 15 is 0 Å². The third-order valence-electron chi connectivity index (χ3n) is 7.59. The standard InChI is InChI=1S/C23H28N4O2/c1-22(2)14-7-6-13(11-16(14)26-21(22)24)8-9-23-12-15(23)18(19(28)20(23)29)27-10-4-5-17(27)25-3/h4-7,10-11,15,18-20,28-29H,3,8-9,12H2,1-2H3,(H2,24,26)/t15-,18-,19+,20+,23+/m1/s1. The molecule has 0 radical (unpaired) electrons. The number of aliphatic hydroxyl groups excluding tert-OH is 2. The average molecular weight is 393 g/mol. The summed E-state index contributed by atoms with van der Waals surface area (Å²) in [6.07, 6.45) is 3.02. The number of fused-ring (bicyclic) bond motifs is 2. The molecule has 29 heavy (non-hydrogen) atoms. The number of rotatable bonds is 5. The van der Waals surface area contributed by atoms with Crippen LogP contribution in [0.4, 0.5) is 11.5 Å². The van der Waals surface area contributed by atoms with Gasteiger partial charge in [-0.05, 0) is 75.1 Å². The number of aromatic nitrogens is 1. The molecular formula is C23H28N4O2. The maximum absolute atomic E-state index is 10.9. The summed E-state index contributed by atoms with van der Waals surface area (Å²) in [6.45, 7) is 7.81. The fourth-order valence-corrected chi connectivity index (χ4v) is 5.62. The minimum atomic E-state index is -0.785. The van der Waals surface area contributed by atoms with Gasteiger partial charge in [0.15, 0.2) is 0 Å². The number of benzene rings is 1. The Morgan fingerprint density at radius 1 is 1.31 bits per heavy atom. The first kappa shape index (κ1) is 18.6. The van der Waals surface area contributed by atoms with Crippen LogP contribution >= 0.6 is 0 Å². The summed E-state index contributed by atoms with van der Waals surface area (Å²) in [6, 6.07) is 10.0. The number of aliphatic hydroxyl groups is 2. The van der Waals surface area contributed by atoms with E-state index in [-0.39, 0.29) is 22.8 Å². The summed E-state index contributed by atoms with van der Waals surface area (Å²) in [5.41, 5.74) is 8.96. The maximum Gasteiger partial charge on any atom is 0.132 e. The zero-order valence-corrected chi connectivity index (χ0v) is 16.9. The summed E-state index contributed by atoms with van der Waals surface area (Å²) >= 11 is 0. The van der Waals surface area contributed by atoms with Gasteiger partial charge in [0, 0.05) is 17.0 Å². The minimum absolute atomic E-state index is 0.147. The zero-order chi connectivity index (χ0) is 20.6. The van der Waals surface area contributed by atoms with E-state index in [0.29, 0.717) is 5.84 Å². The molecule has 0 unspecified atom stereocenters. The van der Waals surface area contributed by atoms with Crippen molar-refractivity contribution >= 4 is 24.1 Å². The molecule has 1 aliphatic heterocycles. The molecule has 5 atom stereocenters. The first-order valence-corrected chi connectivity index (χ1v) is 10.3. The first-order chi connectivity index (χ1) is 13.8. The molecule has 2 aliphatic carbocycles. The monoisotopic (exact) mass is 392 g/mol. The van der Waals surface area contributed by atoms with Crippen molar-refractivity contribution in [3.05, 3.63) is 47.7 Å². The van der Waals surface area contributed by atoms with Crippen LogP contribution in [0.1, 0.15) is 43.9 Å². The Labute approximate surface area is 170 Å². The molecule has 6 nitrogen and oxygen atoms in total. The van der Waals surface area contributed by atoms with Crippen LogP contribution in [-0.2, 0) is 11.8 Å². The van der Waals surface area contributed by atoms with Crippen molar-refractivity contribution in [3.8, 4) is 0 Å². The van der Waals surface area contributed by atoms with Crippen LogP contribution < -0.4 is 5.73 Å². The van der Waals surface area contributed by atoms with Gasteiger partial charge in [-0.25, -0.2) is 9.98 Å². The third-order valence-corrected chi connectivity index (χ3v) is 7.59. The van der Waals surface area contributed by atoms with Crippen molar-refractivity contribution in [3.63, 3.8) is 0 Å². The Balaban J connectivity index is 1.35. The third kappa shape index (κ3) is 2.49. The molecule has 0 bridgehead atoms. The van der Waals surface area contributed by atoms with E-state index in [9.17, 15) is 10.2 Å². The van der Waals surface area contributed by atoms with E-state index in [4.69, 9.17) is 5.73 Å². The first-order valence-electron chi connectivity index (χ1n) is 10.3. The SMILES string of the molecule is C=Nc1cccn1[C@H]1[C@H](O)[C@H](O)[C@@]2(CCc3ccc4c(c3)N=C(N)C4(C)C)C[C@H]12. The van der Waals surface area contributed by atoms with E-state index in [2.05, 4.69) is 48.7 Å². The average Bonchev–Trinajstić information content (AvgIpc) is 3.02. The molecule has 3 aliphatic rings. The lowest BCUT2D eigenvalue weighted by Gasteiger charge is -2.25. The van der Waals surface area contributed by atoms with Crippen molar-refractivity contribution in [1.29, 1.82) is 0 Å². The van der Waals surface area contributed by atoms with Crippen molar-refractivity contribution in [2.24, 2.45) is 27.1 Å². The van der Waals surface area contributed by atoms with Crippen LogP contribution in [0.25, 0.3) is 0 Å². The molecule has 2 heterocycles. The Bertz CT molecular complexity index is 1020. The molecule has 1 aromatic heterocycles. The molecule has 152 valence electrons. The van der Waals surface area contributed by atoms with Crippen molar-refractivity contribution in [1.82, 2.24) is 4.57 Å². The van der Waals surface area contributed by atoms with Gasteiger partial charge in [0.2, 0.25) is 0 Å². The smallest absolute Gasteiger partial charge is 0.132 e. The number of aliphatic imine (C=N–C) groups is 2. The number of aryl methyl sites for hydroxylation is 1. The highest BCUT2D eigenvalue weighted by molar-refractivity contribution is 5.98. The summed E-state index contributed by atoms with van der Waals surface area (Å²) in [5, 5.41) is 21.6. The Kier molecular flexibility index (Phi) is 3.86. The molecule has 0 amide bonds. The van der Waals surface area contributed by atoms with E-state index in [0.717, 1.165) is 36.3 Å². The molecular weight excluding hydrogens is 364 g/mol. The van der Waals surface area contributed by atoms with E-state index in [1.165, 1.54) is 5.56 Å². The van der Waals surface area contributed by atoms with Gasteiger partial charge in [0.1, 0.15) is 17.8 Å². The van der Waals surface area contributed by atoms with E-state index in [1.807, 2.05) is 22.9 Å². The van der Waals surface area contributed by atoms with Crippen LogP contribution in [0.15, 0.2) is 46.5 Å². The second-order valence-electron chi connectivity index (χ2n) is 9.38. The number of nitrogens with two attached hydrogens (primary N) is 1. The van der Waals surface area contributed by atoms with Crippen LogP contribution in [-0.4, -0.2) is 39.5 Å². The topological polar surface area (TPSA) is 96.1 Å². The molecule has 0 saturated heterocycles. The van der Waals surface area contributed by atoms with Crippen LogP contribution in [0.5, 0.6) is 0 Å². The lowest BCUT2D eigenvalue weighted by Crippen LogP contribution is -2.34. The van der Waals surface area contributed by atoms with Gasteiger partial charge < -0.3 is 20.5 Å². The van der Waals surface area contributed by atoms with Crippen molar-refractivity contribution < 1.29 is 10.2 Å². The van der Waals surface area contributed by atoms with E-state index in [1.54, 1.807) is 0 Å². The molecule has 2 saturated carbocycles. The van der Waals surface area contributed by atoms with Gasteiger partial charge in [-0.3, -0.25) is 0 Å². The molecule has 1 aromatic carbocycles. The molecule has 5 rings (SSSR count). The minimum Gasteiger partial charge on any atom is -0.390 e. The van der Waals surface area contributed by atoms with Crippen LogP contribution in [0.3, 0.4) is 0 Å². The molecule has 2 fully saturated rings. The van der Waals surface area contributed by atoms with Crippen LogP contribution in [0.2, 0.25) is 0 Å². The molecule has 4 N–H and O–H groups in total. The fourth-order valence-electron chi connectivity index (χ4n) is 5.62. The number of nitrogens with zero attached hydrogens (tertiary/aromatic N) is 3. The highest BCUT2D eigenvalue weighted by atomic mass is 16.3. The van der Waals surface area contributed by atoms with Gasteiger partial charge in [-0.15, -0.1) is 0 Å². The Morgan fingerprint density at radius 2 is 2.10 bits per heavy atom. The van der Waals surface area contributed by atoms with Crippen molar-refractivity contribution in [2.75, 3.05) is 0 Å². The molecule has 2 aromatic rings. The highest BCUT2D eigenvalue weighted by Gasteiger charge is 2.70. The lowest BCUT2D eigenvalue weighted by atomic mass is 9.84. The highest BCUT2D eigenvalue weighted by Crippen LogP contribution is 2.70. The summed E-state index contributed by atoms with van der Waals surface area (Å²) < 4.78 is 1.97. The van der Waals surface area contributed by atoms with Gasteiger partial charge >= 0.3 is 0 Å². The van der Waals surface area contributed by atoms with Crippen molar-refractivity contribution in [2.45, 2.75) is 56.8 Å². The van der Waals surface area contributed by atoms with Gasteiger partial charge in [0.05, 0.1) is 17.8 Å². The quantitative estimate of drug-likeness (QED) is 0.683. The predicted molar refractivity (Wildman–Crippen MR) is 114 cm³/mol. The zero-order valence-electron chi connectivity index (χ0n) is 16.9. The van der Waals surface area contributed by atoms with E-state index < -0.39 is 12.2 Å². The van der Waals surface area contributed by atoms with Gasteiger partial charge in [-0.2, -0.15) is 0 Å². The second-order valence-corrected chi connectivity index (χ2v) is 9.38. The predicted octanol–water partition coefficient (Wildman–Crippen LogP) is 3.02. The number of hydrogen-bond acceptors (Lipinski definition) is 5. The molecule has 6 heteroatoms. The Morgan fingerprint density at radius 3 is 2.86 bits per heavy atom. The Hall–Kier alpha value is -2.44. The summed E-state index contributed by atoms with van der Waals surface area (Å²) in [7, 11) is 0. The normalized spacial score (nSPS) is 33.9. The summed E-state index contributed by atoms with van der Waals surface area (Å²) in [5.74, 6) is 1.64. The fraction of sp³-hybridized carbons (Fsp3) is 0.478. The number of hydrogen-bond donors (Lipinski definition) is 3. The van der Waals surface area contributed by atoms with Crippen LogP contribution in [0, 0.1) is 11.3 Å². The number of amidine groups is 1. The van der Waals surface area contributed by atoms with Gasteiger partial charge in [0.25, 0.3) is 0 Å². The second kappa shape index (κ2) is 6.03. The maximum atomic E-state index is 10.9.